The molecule has 4 unspecified atom stereocenters. The van der Waals surface area contributed by atoms with Crippen LogP contribution in [0.2, 0.25) is 41.5 Å². The van der Waals surface area contributed by atoms with Crippen molar-refractivity contribution in [1.29, 1.82) is 0 Å². The fourth-order valence-electron chi connectivity index (χ4n) is 4.43. The molecule has 0 radical (unpaired) electrons. The number of halogens is 1. The molecule has 0 spiro atoms. The van der Waals surface area contributed by atoms with Crippen LogP contribution < -0.4 is 5.32 Å². The van der Waals surface area contributed by atoms with E-state index in [0.29, 0.717) is 22.5 Å². The van der Waals surface area contributed by atoms with Crippen LogP contribution >= 0.6 is 23.4 Å². The molecule has 0 bridgehead atoms. The highest BCUT2D eigenvalue weighted by molar-refractivity contribution is 8.00. The first-order valence-electron chi connectivity index (χ1n) is 14.7. The molecule has 13 heteroatoms. The monoisotopic (exact) mass is 663 g/mol. The third kappa shape index (κ3) is 7.14. The van der Waals surface area contributed by atoms with Crippen molar-refractivity contribution in [3.05, 3.63) is 47.5 Å². The number of carbonyl (C=O) groups is 1. The second-order valence-corrected chi connectivity index (χ2v) is 25.3. The Bertz CT molecular complexity index is 1440. The smallest absolute Gasteiger partial charge is 0.338 e. The number of imidazole rings is 1. The summed E-state index contributed by atoms with van der Waals surface area (Å²) in [7, 11) is -2.81. The van der Waals surface area contributed by atoms with Gasteiger partial charge < -0.3 is 18.9 Å². The lowest BCUT2D eigenvalue weighted by Crippen LogP contribution is -2.54. The van der Waals surface area contributed by atoms with Gasteiger partial charge in [-0.05, 0) is 60.0 Å². The zero-order valence-corrected chi connectivity index (χ0v) is 30.8. The Morgan fingerprint density at radius 2 is 1.56 bits per heavy atom. The summed E-state index contributed by atoms with van der Waals surface area (Å²) in [6.45, 7) is 22.6. The van der Waals surface area contributed by atoms with Gasteiger partial charge in [0.25, 0.3) is 0 Å². The lowest BCUT2D eigenvalue weighted by molar-refractivity contribution is 0.0163. The van der Waals surface area contributed by atoms with Crippen molar-refractivity contribution >= 4 is 62.9 Å². The average molecular weight is 664 g/mol. The predicted octanol–water partition coefficient (Wildman–Crippen LogP) is 7.77. The standard InChI is InChI=1S/C30H46ClN5O4SSi2/c1-29(2,3)42(8,9)39-22-20(17-38-27(37)19-15-13-12-14-16-19)41-26(23(22)40-43(10,11)30(4,5)6)36-18-33-21-24(32-7)34-28(31)35-25(21)36/h12-16,18,20,22-23,26H,17H2,1-11H3,(H,32,34,35). The highest BCUT2D eigenvalue weighted by Gasteiger charge is 2.54. The summed E-state index contributed by atoms with van der Waals surface area (Å²) >= 11 is 8.04. The number of ether oxygens (including phenoxy) is 1. The molecule has 9 nitrogen and oxygen atoms in total. The van der Waals surface area contributed by atoms with Gasteiger partial charge in [-0.2, -0.15) is 9.97 Å². The van der Waals surface area contributed by atoms with Gasteiger partial charge in [-0.25, -0.2) is 9.78 Å². The Kier molecular flexibility index (Phi) is 9.81. The lowest BCUT2D eigenvalue weighted by atomic mass is 10.1. The van der Waals surface area contributed by atoms with Gasteiger partial charge in [-0.1, -0.05) is 59.7 Å². The van der Waals surface area contributed by atoms with Gasteiger partial charge in [0, 0.05) is 7.05 Å². The Balaban J connectivity index is 1.81. The Morgan fingerprint density at radius 3 is 2.12 bits per heavy atom. The molecular weight excluding hydrogens is 618 g/mol. The van der Waals surface area contributed by atoms with E-state index in [1.165, 1.54) is 0 Å². The molecule has 3 heterocycles. The summed E-state index contributed by atoms with van der Waals surface area (Å²) in [6, 6.07) is 9.07. The topological polar surface area (TPSA) is 100 Å². The molecule has 1 aliphatic heterocycles. The van der Waals surface area contributed by atoms with Crippen molar-refractivity contribution in [2.75, 3.05) is 19.0 Å². The molecule has 1 saturated heterocycles. The normalized spacial score (nSPS) is 21.8. The maximum absolute atomic E-state index is 13.0. The molecule has 43 heavy (non-hydrogen) atoms. The molecule has 236 valence electrons. The van der Waals surface area contributed by atoms with Crippen LogP contribution in [0.25, 0.3) is 11.2 Å². The van der Waals surface area contributed by atoms with Crippen LogP contribution in [0, 0.1) is 0 Å². The zero-order chi connectivity index (χ0) is 32.0. The van der Waals surface area contributed by atoms with Crippen LogP contribution in [0.1, 0.15) is 57.3 Å². The number of fused-ring (bicyclic) bond motifs is 1. The second-order valence-electron chi connectivity index (χ2n) is 14.1. The summed E-state index contributed by atoms with van der Waals surface area (Å²) in [6.07, 6.45) is 1.08. The van der Waals surface area contributed by atoms with E-state index in [9.17, 15) is 4.79 Å². The first-order valence-corrected chi connectivity index (χ1v) is 21.8. The molecule has 2 aromatic heterocycles. The minimum atomic E-state index is -2.30. The molecule has 4 rings (SSSR count). The van der Waals surface area contributed by atoms with Gasteiger partial charge in [-0.15, -0.1) is 11.8 Å². The van der Waals surface area contributed by atoms with Crippen molar-refractivity contribution in [1.82, 2.24) is 19.5 Å². The Hall–Kier alpha value is -1.97. The van der Waals surface area contributed by atoms with E-state index in [2.05, 4.69) is 88.0 Å². The molecule has 0 saturated carbocycles. The van der Waals surface area contributed by atoms with E-state index in [1.54, 1.807) is 37.3 Å². The Morgan fingerprint density at radius 1 is 0.977 bits per heavy atom. The molecule has 1 aliphatic rings. The van der Waals surface area contributed by atoms with E-state index in [-0.39, 0.29) is 50.8 Å². The largest absolute Gasteiger partial charge is 0.461 e. The van der Waals surface area contributed by atoms with Gasteiger partial charge in [0.1, 0.15) is 18.1 Å². The number of hydrogen-bond acceptors (Lipinski definition) is 9. The van der Waals surface area contributed by atoms with Crippen LogP contribution in [0.5, 0.6) is 0 Å². The quantitative estimate of drug-likeness (QED) is 0.140. The van der Waals surface area contributed by atoms with Crippen LogP contribution in [0.15, 0.2) is 36.7 Å². The molecule has 1 fully saturated rings. The molecule has 0 amide bonds. The van der Waals surface area contributed by atoms with Crippen LogP contribution in [0.3, 0.4) is 0 Å². The van der Waals surface area contributed by atoms with Crippen molar-refractivity contribution in [3.8, 4) is 0 Å². The molecule has 1 N–H and O–H groups in total. The predicted molar refractivity (Wildman–Crippen MR) is 181 cm³/mol. The van der Waals surface area contributed by atoms with Gasteiger partial charge in [0.15, 0.2) is 33.6 Å². The summed E-state index contributed by atoms with van der Waals surface area (Å²) < 4.78 is 22.4. The minimum Gasteiger partial charge on any atom is -0.461 e. The number of rotatable bonds is 9. The number of thioether (sulfide) groups is 1. The number of aromatic nitrogens is 4. The Labute approximate surface area is 267 Å². The number of anilines is 1. The maximum atomic E-state index is 13.0. The molecule has 0 aliphatic carbocycles. The third-order valence-corrected chi connectivity index (χ3v) is 19.7. The van der Waals surface area contributed by atoms with Crippen LogP contribution in [0.4, 0.5) is 5.82 Å². The number of nitrogens with zero attached hydrogens (tertiary/aromatic N) is 4. The highest BCUT2D eigenvalue weighted by atomic mass is 35.5. The molecule has 3 aromatic rings. The van der Waals surface area contributed by atoms with E-state index in [4.69, 9.17) is 25.2 Å². The van der Waals surface area contributed by atoms with Gasteiger partial charge in [0.05, 0.1) is 23.2 Å². The molecular formula is C30H46ClN5O4SSi2. The number of benzene rings is 1. The van der Waals surface area contributed by atoms with Gasteiger partial charge in [-0.3, -0.25) is 4.57 Å². The van der Waals surface area contributed by atoms with E-state index in [1.807, 2.05) is 22.8 Å². The van der Waals surface area contributed by atoms with Crippen molar-refractivity contribution in [3.63, 3.8) is 0 Å². The van der Waals surface area contributed by atoms with Crippen LogP contribution in [-0.2, 0) is 13.6 Å². The van der Waals surface area contributed by atoms with E-state index < -0.39 is 16.6 Å². The second kappa shape index (κ2) is 12.4. The summed E-state index contributed by atoms with van der Waals surface area (Å²) in [5.74, 6) is 0.199. The first kappa shape index (κ1) is 33.9. The summed E-state index contributed by atoms with van der Waals surface area (Å²) in [5, 5.41) is 2.68. The van der Waals surface area contributed by atoms with Crippen molar-refractivity contribution in [2.24, 2.45) is 0 Å². The van der Waals surface area contributed by atoms with Crippen molar-refractivity contribution in [2.45, 2.75) is 101 Å². The molecule has 4 atom stereocenters. The number of esters is 1. The third-order valence-electron chi connectivity index (χ3n) is 9.05. The minimum absolute atomic E-state index is 0.0350. The van der Waals surface area contributed by atoms with Crippen molar-refractivity contribution < 1.29 is 18.4 Å². The van der Waals surface area contributed by atoms with Crippen LogP contribution in [-0.4, -0.2) is 73.2 Å². The first-order chi connectivity index (χ1) is 19.9. The zero-order valence-electron chi connectivity index (χ0n) is 27.2. The number of carbonyl (C=O) groups excluding carboxylic acids is 1. The van der Waals surface area contributed by atoms with E-state index in [0.717, 1.165) is 0 Å². The fourth-order valence-corrected chi connectivity index (χ4v) is 8.95. The van der Waals surface area contributed by atoms with Gasteiger partial charge >= 0.3 is 5.97 Å². The fraction of sp³-hybridized carbons (Fsp3) is 0.600. The number of nitrogens with one attached hydrogen (secondary N) is 1. The summed E-state index contributed by atoms with van der Waals surface area (Å²) in [4.78, 5) is 26.6. The summed E-state index contributed by atoms with van der Waals surface area (Å²) in [5.41, 5.74) is 1.75. The SMILES string of the molecule is CNc1nc(Cl)nc2c1ncn2C1SC(COC(=O)c2ccccc2)C(O[Si](C)(C)C(C)(C)C)C1O[Si](C)(C)C(C)(C)C. The number of hydrogen-bond donors (Lipinski definition) is 1. The maximum Gasteiger partial charge on any atom is 0.338 e. The average Bonchev–Trinajstić information content (AvgIpc) is 3.46. The lowest BCUT2D eigenvalue weighted by Gasteiger charge is -2.44. The van der Waals surface area contributed by atoms with Gasteiger partial charge in [0.2, 0.25) is 5.28 Å². The van der Waals surface area contributed by atoms with E-state index >= 15 is 0 Å². The highest BCUT2D eigenvalue weighted by Crippen LogP contribution is 2.51. The molecule has 1 aromatic carbocycles.